The summed E-state index contributed by atoms with van der Waals surface area (Å²) < 4.78 is 18.1. The van der Waals surface area contributed by atoms with Crippen LogP contribution in [0.1, 0.15) is 17.4 Å². The standard InChI is InChI=1S/C22H21N3O5S/c1-14(20(26)24-15-8-9-18-19(12-15)29-11-10-28-18)30-21(27)17-13-23-22(31-2)25(17)16-6-4-3-5-7-16/h3-9,12-14H,10-11H2,1-2H3,(H,24,26). The molecule has 0 bridgehead atoms. The van der Waals surface area contributed by atoms with Crippen molar-refractivity contribution in [2.24, 2.45) is 0 Å². The Labute approximate surface area is 183 Å². The summed E-state index contributed by atoms with van der Waals surface area (Å²) >= 11 is 1.41. The molecule has 31 heavy (non-hydrogen) atoms. The minimum absolute atomic E-state index is 0.245. The van der Waals surface area contributed by atoms with Crippen LogP contribution in [0.25, 0.3) is 5.69 Å². The molecule has 1 aromatic heterocycles. The fraction of sp³-hybridized carbons (Fsp3) is 0.227. The molecular weight excluding hydrogens is 418 g/mol. The minimum atomic E-state index is -1.02. The molecule has 0 saturated heterocycles. The van der Waals surface area contributed by atoms with E-state index in [1.165, 1.54) is 24.9 Å². The lowest BCUT2D eigenvalue weighted by Gasteiger charge is -2.19. The predicted octanol–water partition coefficient (Wildman–Crippen LogP) is 3.55. The Morgan fingerprint density at radius 1 is 1.13 bits per heavy atom. The second-order valence-corrected chi connectivity index (χ2v) is 7.47. The maximum Gasteiger partial charge on any atom is 0.357 e. The molecule has 2 heterocycles. The second kappa shape index (κ2) is 9.13. The number of anilines is 1. The molecule has 160 valence electrons. The Bertz CT molecular complexity index is 1100. The highest BCUT2D eigenvalue weighted by atomic mass is 32.2. The summed E-state index contributed by atoms with van der Waals surface area (Å²) in [4.78, 5) is 29.7. The van der Waals surface area contributed by atoms with Crippen LogP contribution in [-0.4, -0.2) is 47.0 Å². The molecule has 1 amide bonds. The van der Waals surface area contributed by atoms with Gasteiger partial charge in [-0.1, -0.05) is 30.0 Å². The molecule has 3 aromatic rings. The van der Waals surface area contributed by atoms with Crippen LogP contribution in [0.5, 0.6) is 11.5 Å². The monoisotopic (exact) mass is 439 g/mol. The van der Waals surface area contributed by atoms with E-state index >= 15 is 0 Å². The van der Waals surface area contributed by atoms with Crippen molar-refractivity contribution in [3.05, 3.63) is 60.4 Å². The second-order valence-electron chi connectivity index (χ2n) is 6.70. The molecule has 0 spiro atoms. The van der Waals surface area contributed by atoms with E-state index in [2.05, 4.69) is 10.3 Å². The number of para-hydroxylation sites is 1. The van der Waals surface area contributed by atoms with E-state index in [4.69, 9.17) is 14.2 Å². The summed E-state index contributed by atoms with van der Waals surface area (Å²) in [6.45, 7) is 2.46. The number of carbonyl (C=O) groups is 2. The van der Waals surface area contributed by atoms with Gasteiger partial charge in [0.25, 0.3) is 5.91 Å². The summed E-state index contributed by atoms with van der Waals surface area (Å²) in [5.41, 5.74) is 1.55. The average molecular weight is 439 g/mol. The topological polar surface area (TPSA) is 91.7 Å². The Kier molecular flexibility index (Phi) is 6.13. The number of fused-ring (bicyclic) bond motifs is 1. The van der Waals surface area contributed by atoms with Crippen LogP contribution >= 0.6 is 11.8 Å². The third kappa shape index (κ3) is 4.51. The smallest absolute Gasteiger partial charge is 0.357 e. The number of ether oxygens (including phenoxy) is 3. The fourth-order valence-corrected chi connectivity index (χ4v) is 3.63. The van der Waals surface area contributed by atoms with Crippen molar-refractivity contribution >= 4 is 29.3 Å². The van der Waals surface area contributed by atoms with Gasteiger partial charge in [-0.05, 0) is 37.4 Å². The van der Waals surface area contributed by atoms with E-state index in [1.807, 2.05) is 36.6 Å². The molecule has 1 N–H and O–H groups in total. The van der Waals surface area contributed by atoms with Gasteiger partial charge < -0.3 is 19.5 Å². The van der Waals surface area contributed by atoms with Crippen molar-refractivity contribution in [3.8, 4) is 17.2 Å². The first-order valence-electron chi connectivity index (χ1n) is 9.65. The molecule has 1 aliphatic heterocycles. The van der Waals surface area contributed by atoms with Gasteiger partial charge in [-0.2, -0.15) is 0 Å². The van der Waals surface area contributed by atoms with Gasteiger partial charge in [0.1, 0.15) is 13.2 Å². The maximum absolute atomic E-state index is 12.8. The molecule has 9 heteroatoms. The number of esters is 1. The molecule has 0 aliphatic carbocycles. The summed E-state index contributed by atoms with van der Waals surface area (Å²) in [5, 5.41) is 3.38. The van der Waals surface area contributed by atoms with Crippen LogP contribution in [0, 0.1) is 0 Å². The Balaban J connectivity index is 1.46. The zero-order valence-electron chi connectivity index (χ0n) is 17.0. The van der Waals surface area contributed by atoms with Gasteiger partial charge >= 0.3 is 5.97 Å². The van der Waals surface area contributed by atoms with Crippen LogP contribution in [0.4, 0.5) is 5.69 Å². The van der Waals surface area contributed by atoms with E-state index < -0.39 is 18.0 Å². The highest BCUT2D eigenvalue weighted by Gasteiger charge is 2.24. The molecule has 2 aromatic carbocycles. The Morgan fingerprint density at radius 2 is 1.87 bits per heavy atom. The molecule has 0 saturated carbocycles. The number of benzene rings is 2. The van der Waals surface area contributed by atoms with Gasteiger partial charge in [-0.25, -0.2) is 9.78 Å². The molecule has 1 atom stereocenters. The lowest BCUT2D eigenvalue weighted by Crippen LogP contribution is -2.30. The predicted molar refractivity (Wildman–Crippen MR) is 116 cm³/mol. The normalized spacial score (nSPS) is 13.4. The van der Waals surface area contributed by atoms with Crippen LogP contribution in [-0.2, 0) is 9.53 Å². The van der Waals surface area contributed by atoms with Gasteiger partial charge in [0.05, 0.1) is 6.20 Å². The first-order chi connectivity index (χ1) is 15.1. The van der Waals surface area contributed by atoms with Gasteiger partial charge in [-0.15, -0.1) is 0 Å². The average Bonchev–Trinajstić information content (AvgIpc) is 3.24. The maximum atomic E-state index is 12.8. The van der Waals surface area contributed by atoms with Crippen molar-refractivity contribution in [2.75, 3.05) is 24.8 Å². The Morgan fingerprint density at radius 3 is 2.61 bits per heavy atom. The number of nitrogens with one attached hydrogen (secondary N) is 1. The zero-order valence-corrected chi connectivity index (χ0v) is 17.8. The highest BCUT2D eigenvalue weighted by Crippen LogP contribution is 2.32. The summed E-state index contributed by atoms with van der Waals surface area (Å²) in [7, 11) is 0. The summed E-state index contributed by atoms with van der Waals surface area (Å²) in [6.07, 6.45) is 2.31. The van der Waals surface area contributed by atoms with E-state index in [-0.39, 0.29) is 5.69 Å². The molecule has 4 rings (SSSR count). The number of aromatic nitrogens is 2. The highest BCUT2D eigenvalue weighted by molar-refractivity contribution is 7.98. The number of nitrogens with zero attached hydrogens (tertiary/aromatic N) is 2. The van der Waals surface area contributed by atoms with Crippen LogP contribution in [0.15, 0.2) is 59.9 Å². The zero-order chi connectivity index (χ0) is 21.8. The number of hydrogen-bond donors (Lipinski definition) is 1. The number of hydrogen-bond acceptors (Lipinski definition) is 7. The number of rotatable bonds is 6. The molecule has 1 aliphatic rings. The van der Waals surface area contributed by atoms with Gasteiger partial charge in [0, 0.05) is 17.4 Å². The van der Waals surface area contributed by atoms with Gasteiger partial charge in [-0.3, -0.25) is 9.36 Å². The van der Waals surface area contributed by atoms with Crippen molar-refractivity contribution in [1.29, 1.82) is 0 Å². The van der Waals surface area contributed by atoms with Gasteiger partial charge in [0.2, 0.25) is 0 Å². The molecule has 1 unspecified atom stereocenters. The molecule has 0 fully saturated rings. The number of carbonyl (C=O) groups excluding carboxylic acids is 2. The van der Waals surface area contributed by atoms with Crippen molar-refractivity contribution in [1.82, 2.24) is 9.55 Å². The SMILES string of the molecule is CSc1ncc(C(=O)OC(C)C(=O)Nc2ccc3c(c2)OCCO3)n1-c1ccccc1. The van der Waals surface area contributed by atoms with Crippen molar-refractivity contribution in [2.45, 2.75) is 18.2 Å². The fourth-order valence-electron chi connectivity index (χ4n) is 3.09. The van der Waals surface area contributed by atoms with Gasteiger partial charge in [0.15, 0.2) is 28.5 Å². The third-order valence-corrected chi connectivity index (χ3v) is 5.25. The lowest BCUT2D eigenvalue weighted by atomic mass is 10.2. The molecule has 0 radical (unpaired) electrons. The first kappa shape index (κ1) is 20.8. The van der Waals surface area contributed by atoms with Crippen LogP contribution in [0.2, 0.25) is 0 Å². The van der Waals surface area contributed by atoms with E-state index in [9.17, 15) is 9.59 Å². The number of thioether (sulfide) groups is 1. The molecule has 8 nitrogen and oxygen atoms in total. The largest absolute Gasteiger partial charge is 0.486 e. The van der Waals surface area contributed by atoms with Crippen LogP contribution in [0.3, 0.4) is 0 Å². The molecular formula is C22H21N3O5S. The van der Waals surface area contributed by atoms with Crippen LogP contribution < -0.4 is 14.8 Å². The quantitative estimate of drug-likeness (QED) is 0.464. The van der Waals surface area contributed by atoms with Crippen molar-refractivity contribution < 1.29 is 23.8 Å². The van der Waals surface area contributed by atoms with E-state index in [0.29, 0.717) is 35.6 Å². The third-order valence-electron chi connectivity index (χ3n) is 4.60. The number of amides is 1. The Hall–Kier alpha value is -3.46. The van der Waals surface area contributed by atoms with E-state index in [1.54, 1.807) is 22.8 Å². The lowest BCUT2D eigenvalue weighted by molar-refractivity contribution is -0.123. The number of imidazole rings is 1. The minimum Gasteiger partial charge on any atom is -0.486 e. The summed E-state index contributed by atoms with van der Waals surface area (Å²) in [6, 6.07) is 14.5. The van der Waals surface area contributed by atoms with E-state index in [0.717, 1.165) is 5.69 Å². The van der Waals surface area contributed by atoms with Crippen molar-refractivity contribution in [3.63, 3.8) is 0 Å². The first-order valence-corrected chi connectivity index (χ1v) is 10.9. The summed E-state index contributed by atoms with van der Waals surface area (Å²) in [5.74, 6) is 0.0925.